The molecule has 3 heterocycles. The van der Waals surface area contributed by atoms with Gasteiger partial charge >= 0.3 is 0 Å². The summed E-state index contributed by atoms with van der Waals surface area (Å²) in [6, 6.07) is 9.94. The summed E-state index contributed by atoms with van der Waals surface area (Å²) in [6.45, 7) is 7.54. The predicted octanol–water partition coefficient (Wildman–Crippen LogP) is 3.30. The van der Waals surface area contributed by atoms with Gasteiger partial charge in [0.2, 0.25) is 0 Å². The van der Waals surface area contributed by atoms with Crippen molar-refractivity contribution in [3.05, 3.63) is 42.7 Å². The van der Waals surface area contributed by atoms with E-state index in [9.17, 15) is 0 Å². The van der Waals surface area contributed by atoms with Crippen LogP contribution in [0.25, 0.3) is 22.6 Å². The monoisotopic (exact) mass is 393 g/mol. The van der Waals surface area contributed by atoms with E-state index in [0.717, 1.165) is 61.2 Å². The second kappa shape index (κ2) is 8.53. The lowest BCUT2D eigenvalue weighted by Crippen LogP contribution is -2.46. The van der Waals surface area contributed by atoms with Gasteiger partial charge in [0, 0.05) is 49.7 Å². The molecule has 1 saturated heterocycles. The Balaban J connectivity index is 1.50. The Kier molecular flexibility index (Phi) is 5.67. The summed E-state index contributed by atoms with van der Waals surface area (Å²) in [5, 5.41) is 0. The molecule has 1 N–H and O–H groups in total. The minimum Gasteiger partial charge on any atom is -0.493 e. The van der Waals surface area contributed by atoms with Gasteiger partial charge in [-0.2, -0.15) is 0 Å². The van der Waals surface area contributed by atoms with Gasteiger partial charge < -0.3 is 24.3 Å². The molecule has 7 heteroatoms. The minimum absolute atomic E-state index is 0.684. The number of benzene rings is 1. The zero-order chi connectivity index (χ0) is 20.2. The molecule has 0 saturated carbocycles. The molecular weight excluding hydrogens is 366 g/mol. The van der Waals surface area contributed by atoms with Crippen molar-refractivity contribution in [3.8, 4) is 34.1 Å². The van der Waals surface area contributed by atoms with Crippen LogP contribution in [0.1, 0.15) is 6.92 Å². The summed E-state index contributed by atoms with van der Waals surface area (Å²) in [4.78, 5) is 17.5. The maximum Gasteiger partial charge on any atom is 0.161 e. The molecule has 1 aliphatic heterocycles. The van der Waals surface area contributed by atoms with Crippen molar-refractivity contribution in [2.24, 2.45) is 0 Å². The molecule has 3 aromatic rings. The van der Waals surface area contributed by atoms with Gasteiger partial charge in [0.05, 0.1) is 19.9 Å². The molecule has 152 valence electrons. The van der Waals surface area contributed by atoms with E-state index < -0.39 is 0 Å². The quantitative estimate of drug-likeness (QED) is 0.693. The van der Waals surface area contributed by atoms with Gasteiger partial charge in [-0.15, -0.1) is 0 Å². The molecule has 0 atom stereocenters. The van der Waals surface area contributed by atoms with Crippen LogP contribution in [0.3, 0.4) is 0 Å². The van der Waals surface area contributed by atoms with Gasteiger partial charge in [-0.1, -0.05) is 6.92 Å². The first kappa shape index (κ1) is 19.3. The molecule has 0 aliphatic carbocycles. The van der Waals surface area contributed by atoms with Crippen molar-refractivity contribution >= 4 is 5.82 Å². The molecular formula is C22H27N5O2. The van der Waals surface area contributed by atoms with E-state index in [1.807, 2.05) is 30.6 Å². The largest absolute Gasteiger partial charge is 0.493 e. The second-order valence-electron chi connectivity index (χ2n) is 7.03. The fraction of sp³-hybridized carbons (Fsp3) is 0.364. The van der Waals surface area contributed by atoms with E-state index >= 15 is 0 Å². The molecule has 0 amide bonds. The highest BCUT2D eigenvalue weighted by molar-refractivity contribution is 5.67. The number of H-pyrrole nitrogens is 1. The number of aromatic nitrogens is 3. The first-order chi connectivity index (χ1) is 14.2. The Bertz CT molecular complexity index is 946. The molecule has 29 heavy (non-hydrogen) atoms. The van der Waals surface area contributed by atoms with Crippen molar-refractivity contribution in [1.82, 2.24) is 19.9 Å². The van der Waals surface area contributed by atoms with Crippen LogP contribution >= 0.6 is 0 Å². The number of aromatic amines is 1. The zero-order valence-corrected chi connectivity index (χ0v) is 17.2. The number of methoxy groups -OCH3 is 2. The highest BCUT2D eigenvalue weighted by Crippen LogP contribution is 2.32. The topological polar surface area (TPSA) is 66.5 Å². The summed E-state index contributed by atoms with van der Waals surface area (Å²) in [7, 11) is 3.26. The Hall–Kier alpha value is -3.06. The Labute approximate surface area is 171 Å². The molecule has 1 aliphatic rings. The van der Waals surface area contributed by atoms with Gasteiger partial charge in [-0.25, -0.2) is 9.97 Å². The number of nitrogens with one attached hydrogen (secondary N) is 1. The van der Waals surface area contributed by atoms with Crippen LogP contribution in [0.4, 0.5) is 5.82 Å². The van der Waals surface area contributed by atoms with Crippen molar-refractivity contribution in [2.45, 2.75) is 6.92 Å². The lowest BCUT2D eigenvalue weighted by atomic mass is 10.1. The fourth-order valence-corrected chi connectivity index (χ4v) is 3.62. The van der Waals surface area contributed by atoms with E-state index in [4.69, 9.17) is 14.5 Å². The SMILES string of the molecule is CCN1CCN(c2ccc(-c3nc(-c4ccc(OC)c(OC)c4)c[nH]3)cn2)CC1. The normalized spacial score (nSPS) is 14.8. The molecule has 1 aromatic carbocycles. The number of hydrogen-bond donors (Lipinski definition) is 1. The van der Waals surface area contributed by atoms with Crippen LogP contribution in [0.15, 0.2) is 42.7 Å². The van der Waals surface area contributed by atoms with Gasteiger partial charge in [0.25, 0.3) is 0 Å². The number of nitrogens with zero attached hydrogens (tertiary/aromatic N) is 4. The molecule has 4 rings (SSSR count). The molecule has 0 radical (unpaired) electrons. The molecule has 1 fully saturated rings. The van der Waals surface area contributed by atoms with Crippen LogP contribution in [0.5, 0.6) is 11.5 Å². The van der Waals surface area contributed by atoms with Crippen LogP contribution in [0, 0.1) is 0 Å². The summed E-state index contributed by atoms with van der Waals surface area (Å²) in [5.41, 5.74) is 2.77. The van der Waals surface area contributed by atoms with Crippen LogP contribution < -0.4 is 14.4 Å². The number of likely N-dealkylation sites (N-methyl/N-ethyl adjacent to an activating group) is 1. The van der Waals surface area contributed by atoms with Crippen LogP contribution in [0.2, 0.25) is 0 Å². The van der Waals surface area contributed by atoms with Gasteiger partial charge in [0.1, 0.15) is 11.6 Å². The molecule has 7 nitrogen and oxygen atoms in total. The third-order valence-corrected chi connectivity index (χ3v) is 5.42. The third-order valence-electron chi connectivity index (χ3n) is 5.42. The van der Waals surface area contributed by atoms with Crippen LogP contribution in [-0.4, -0.2) is 66.8 Å². The average Bonchev–Trinajstić information content (AvgIpc) is 3.29. The average molecular weight is 393 g/mol. The lowest BCUT2D eigenvalue weighted by molar-refractivity contribution is 0.270. The van der Waals surface area contributed by atoms with Crippen LogP contribution in [-0.2, 0) is 0 Å². The van der Waals surface area contributed by atoms with E-state index in [2.05, 4.69) is 38.8 Å². The zero-order valence-electron chi connectivity index (χ0n) is 17.2. The predicted molar refractivity (Wildman–Crippen MR) is 115 cm³/mol. The van der Waals surface area contributed by atoms with Crippen molar-refractivity contribution < 1.29 is 9.47 Å². The first-order valence-corrected chi connectivity index (χ1v) is 9.93. The fourth-order valence-electron chi connectivity index (χ4n) is 3.62. The van der Waals surface area contributed by atoms with E-state index in [0.29, 0.717) is 11.5 Å². The first-order valence-electron chi connectivity index (χ1n) is 9.93. The molecule has 0 unspecified atom stereocenters. The lowest BCUT2D eigenvalue weighted by Gasteiger charge is -2.34. The Morgan fingerprint density at radius 3 is 2.38 bits per heavy atom. The van der Waals surface area contributed by atoms with E-state index in [1.165, 1.54) is 0 Å². The summed E-state index contributed by atoms with van der Waals surface area (Å²) in [5.74, 6) is 3.20. The number of ether oxygens (including phenoxy) is 2. The van der Waals surface area contributed by atoms with Crippen molar-refractivity contribution in [2.75, 3.05) is 51.8 Å². The smallest absolute Gasteiger partial charge is 0.161 e. The Morgan fingerprint density at radius 1 is 0.966 bits per heavy atom. The molecule has 2 aromatic heterocycles. The third kappa shape index (κ3) is 4.05. The summed E-state index contributed by atoms with van der Waals surface area (Å²) < 4.78 is 10.7. The van der Waals surface area contributed by atoms with Crippen molar-refractivity contribution in [1.29, 1.82) is 0 Å². The van der Waals surface area contributed by atoms with Gasteiger partial charge in [-0.05, 0) is 36.9 Å². The minimum atomic E-state index is 0.684. The number of imidazole rings is 1. The summed E-state index contributed by atoms with van der Waals surface area (Å²) >= 11 is 0. The van der Waals surface area contributed by atoms with E-state index in [1.54, 1.807) is 14.2 Å². The van der Waals surface area contributed by atoms with Gasteiger partial charge in [0.15, 0.2) is 11.5 Å². The number of hydrogen-bond acceptors (Lipinski definition) is 6. The molecule has 0 bridgehead atoms. The summed E-state index contributed by atoms with van der Waals surface area (Å²) in [6.07, 6.45) is 3.78. The highest BCUT2D eigenvalue weighted by atomic mass is 16.5. The number of anilines is 1. The maximum absolute atomic E-state index is 5.39. The second-order valence-corrected chi connectivity index (χ2v) is 7.03. The Morgan fingerprint density at radius 2 is 1.72 bits per heavy atom. The van der Waals surface area contributed by atoms with Crippen molar-refractivity contribution in [3.63, 3.8) is 0 Å². The van der Waals surface area contributed by atoms with Gasteiger partial charge in [-0.3, -0.25) is 0 Å². The maximum atomic E-state index is 5.39. The standard InChI is InChI=1S/C22H27N5O2/c1-4-26-9-11-27(12-10-26)21-8-6-17(14-23-21)22-24-15-18(25-22)16-5-7-19(28-2)20(13-16)29-3/h5-8,13-15H,4,9-12H2,1-3H3,(H,24,25). The number of rotatable bonds is 6. The van der Waals surface area contributed by atoms with E-state index in [-0.39, 0.29) is 0 Å². The number of piperazine rings is 1. The highest BCUT2D eigenvalue weighted by Gasteiger charge is 2.17. The number of pyridine rings is 1. The molecule has 0 spiro atoms.